The average Bonchev–Trinajstić information content (AvgIpc) is 3.16. The predicted octanol–water partition coefficient (Wildman–Crippen LogP) is 1.50. The lowest BCUT2D eigenvalue weighted by Crippen LogP contribution is -2.42. The highest BCUT2D eigenvalue weighted by Gasteiger charge is 2.22. The fraction of sp³-hybridized carbons (Fsp3) is 0.333. The van der Waals surface area contributed by atoms with Crippen LogP contribution in [0.1, 0.15) is 28.9 Å². The Kier molecular flexibility index (Phi) is 5.23. The van der Waals surface area contributed by atoms with Crippen LogP contribution in [0.2, 0.25) is 0 Å². The molecular formula is C18H20N4O3. The average molecular weight is 340 g/mol. The molecule has 0 bridgehead atoms. The first kappa shape index (κ1) is 16.9. The number of rotatable bonds is 6. The minimum Gasteiger partial charge on any atom is -0.480 e. The van der Waals surface area contributed by atoms with E-state index < -0.39 is 17.9 Å². The van der Waals surface area contributed by atoms with Gasteiger partial charge in [-0.05, 0) is 30.5 Å². The minimum absolute atomic E-state index is 0.113. The zero-order chi connectivity index (χ0) is 17.6. The second kappa shape index (κ2) is 7.74. The molecule has 1 fully saturated rings. The van der Waals surface area contributed by atoms with Gasteiger partial charge in [-0.2, -0.15) is 0 Å². The predicted molar refractivity (Wildman–Crippen MR) is 92.5 cm³/mol. The fourth-order valence-electron chi connectivity index (χ4n) is 2.84. The summed E-state index contributed by atoms with van der Waals surface area (Å²) in [7, 11) is 0. The quantitative estimate of drug-likeness (QED) is 0.827. The van der Waals surface area contributed by atoms with Gasteiger partial charge in [0.15, 0.2) is 11.5 Å². The van der Waals surface area contributed by atoms with Crippen molar-refractivity contribution < 1.29 is 14.7 Å². The van der Waals surface area contributed by atoms with Gasteiger partial charge in [-0.15, -0.1) is 10.2 Å². The highest BCUT2D eigenvalue weighted by atomic mass is 16.4. The Hall–Kier alpha value is -2.96. The molecule has 1 aromatic heterocycles. The van der Waals surface area contributed by atoms with Crippen molar-refractivity contribution in [3.05, 3.63) is 53.7 Å². The molecule has 0 unspecified atom stereocenters. The number of aliphatic carboxylic acids is 1. The van der Waals surface area contributed by atoms with Gasteiger partial charge < -0.3 is 15.3 Å². The number of aromatic nitrogens is 2. The van der Waals surface area contributed by atoms with Crippen LogP contribution in [0.5, 0.6) is 0 Å². The number of carbonyl (C=O) groups is 2. The van der Waals surface area contributed by atoms with E-state index in [0.717, 1.165) is 37.3 Å². The Balaban J connectivity index is 1.65. The number of anilines is 1. The maximum Gasteiger partial charge on any atom is 0.326 e. The molecule has 0 aliphatic carbocycles. The van der Waals surface area contributed by atoms with Crippen molar-refractivity contribution in [3.63, 3.8) is 0 Å². The third-order valence-electron chi connectivity index (χ3n) is 4.20. The Morgan fingerprint density at radius 1 is 1.08 bits per heavy atom. The second-order valence-electron chi connectivity index (χ2n) is 6.02. The Bertz CT molecular complexity index is 728. The zero-order valence-corrected chi connectivity index (χ0v) is 13.8. The largest absolute Gasteiger partial charge is 0.480 e. The first-order valence-corrected chi connectivity index (χ1v) is 8.30. The van der Waals surface area contributed by atoms with E-state index in [2.05, 4.69) is 20.4 Å². The Morgan fingerprint density at radius 2 is 1.80 bits per heavy atom. The summed E-state index contributed by atoms with van der Waals surface area (Å²) in [5.41, 5.74) is 0.952. The molecule has 1 atom stereocenters. The number of nitrogens with one attached hydrogen (secondary N) is 1. The van der Waals surface area contributed by atoms with Gasteiger partial charge in [0.2, 0.25) is 0 Å². The number of nitrogens with zero attached hydrogens (tertiary/aromatic N) is 3. The molecule has 25 heavy (non-hydrogen) atoms. The molecule has 1 aliphatic heterocycles. The van der Waals surface area contributed by atoms with Crippen LogP contribution in [0.15, 0.2) is 42.5 Å². The molecule has 130 valence electrons. The topological polar surface area (TPSA) is 95.4 Å². The second-order valence-corrected chi connectivity index (χ2v) is 6.02. The van der Waals surface area contributed by atoms with Gasteiger partial charge in [0.25, 0.3) is 5.91 Å². The summed E-state index contributed by atoms with van der Waals surface area (Å²) in [4.78, 5) is 25.8. The summed E-state index contributed by atoms with van der Waals surface area (Å²) >= 11 is 0. The molecule has 1 aromatic carbocycles. The number of benzene rings is 1. The van der Waals surface area contributed by atoms with E-state index >= 15 is 0 Å². The number of carbonyl (C=O) groups excluding carboxylic acids is 1. The van der Waals surface area contributed by atoms with Crippen LogP contribution in [0.3, 0.4) is 0 Å². The summed E-state index contributed by atoms with van der Waals surface area (Å²) in [6.07, 6.45) is 2.47. The van der Waals surface area contributed by atoms with Crippen molar-refractivity contribution >= 4 is 17.7 Å². The van der Waals surface area contributed by atoms with E-state index in [-0.39, 0.29) is 12.1 Å². The molecule has 0 saturated carbocycles. The molecule has 3 rings (SSSR count). The van der Waals surface area contributed by atoms with Gasteiger partial charge in [-0.1, -0.05) is 30.3 Å². The standard InChI is InChI=1S/C18H20N4O3/c23-17(14-8-9-16(21-20-14)22-10-4-5-11-22)19-15(18(24)25)12-13-6-2-1-3-7-13/h1-3,6-9,15H,4-5,10-12H2,(H,19,23)(H,24,25)/t15-/m1/s1. The van der Waals surface area contributed by atoms with Crippen LogP contribution < -0.4 is 10.2 Å². The van der Waals surface area contributed by atoms with Crippen molar-refractivity contribution in [2.75, 3.05) is 18.0 Å². The molecule has 7 nitrogen and oxygen atoms in total. The molecule has 0 spiro atoms. The van der Waals surface area contributed by atoms with Gasteiger partial charge in [0, 0.05) is 19.5 Å². The first-order chi connectivity index (χ1) is 12.1. The zero-order valence-electron chi connectivity index (χ0n) is 13.8. The van der Waals surface area contributed by atoms with E-state index in [9.17, 15) is 14.7 Å². The molecule has 2 heterocycles. The molecular weight excluding hydrogens is 320 g/mol. The van der Waals surface area contributed by atoms with E-state index in [1.165, 1.54) is 0 Å². The molecule has 2 aromatic rings. The summed E-state index contributed by atoms with van der Waals surface area (Å²) in [5, 5.41) is 19.9. The number of carboxylic acid groups (broad SMARTS) is 1. The molecule has 1 aliphatic rings. The number of carboxylic acids is 1. The van der Waals surface area contributed by atoms with Crippen LogP contribution >= 0.6 is 0 Å². The van der Waals surface area contributed by atoms with Gasteiger partial charge in [0.1, 0.15) is 6.04 Å². The lowest BCUT2D eigenvalue weighted by molar-refractivity contribution is -0.139. The van der Waals surface area contributed by atoms with Crippen LogP contribution in [0, 0.1) is 0 Å². The number of hydrogen-bond donors (Lipinski definition) is 2. The van der Waals surface area contributed by atoms with Crippen LogP contribution in [0.4, 0.5) is 5.82 Å². The fourth-order valence-corrected chi connectivity index (χ4v) is 2.84. The van der Waals surface area contributed by atoms with Gasteiger partial charge in [-0.25, -0.2) is 4.79 Å². The van der Waals surface area contributed by atoms with E-state index in [4.69, 9.17) is 0 Å². The van der Waals surface area contributed by atoms with Gasteiger partial charge >= 0.3 is 5.97 Å². The smallest absolute Gasteiger partial charge is 0.326 e. The van der Waals surface area contributed by atoms with Crippen molar-refractivity contribution in [2.45, 2.75) is 25.3 Å². The molecule has 2 N–H and O–H groups in total. The van der Waals surface area contributed by atoms with E-state index in [1.54, 1.807) is 12.1 Å². The van der Waals surface area contributed by atoms with Gasteiger partial charge in [-0.3, -0.25) is 4.79 Å². The maximum atomic E-state index is 12.3. The van der Waals surface area contributed by atoms with Crippen molar-refractivity contribution in [2.24, 2.45) is 0 Å². The maximum absolute atomic E-state index is 12.3. The SMILES string of the molecule is O=C(N[C@H](Cc1ccccc1)C(=O)O)c1ccc(N2CCCC2)nn1. The Labute approximate surface area is 145 Å². The van der Waals surface area contributed by atoms with Crippen molar-refractivity contribution in [1.29, 1.82) is 0 Å². The highest BCUT2D eigenvalue weighted by Crippen LogP contribution is 2.16. The van der Waals surface area contributed by atoms with Crippen LogP contribution in [-0.4, -0.2) is 46.3 Å². The molecule has 0 radical (unpaired) electrons. The number of amides is 1. The lowest BCUT2D eigenvalue weighted by atomic mass is 10.1. The summed E-state index contributed by atoms with van der Waals surface area (Å²) in [6.45, 7) is 1.89. The monoisotopic (exact) mass is 340 g/mol. The lowest BCUT2D eigenvalue weighted by Gasteiger charge is -2.16. The highest BCUT2D eigenvalue weighted by molar-refractivity contribution is 5.95. The summed E-state index contributed by atoms with van der Waals surface area (Å²) in [6, 6.07) is 11.5. The summed E-state index contributed by atoms with van der Waals surface area (Å²) in [5.74, 6) is -0.879. The molecule has 1 amide bonds. The summed E-state index contributed by atoms with van der Waals surface area (Å²) < 4.78 is 0. The normalized spacial score (nSPS) is 15.0. The van der Waals surface area contributed by atoms with Crippen molar-refractivity contribution in [3.8, 4) is 0 Å². The Morgan fingerprint density at radius 3 is 2.40 bits per heavy atom. The van der Waals surface area contributed by atoms with E-state index in [0.29, 0.717) is 0 Å². The first-order valence-electron chi connectivity index (χ1n) is 8.30. The minimum atomic E-state index is -1.08. The van der Waals surface area contributed by atoms with E-state index in [1.807, 2.05) is 30.3 Å². The number of hydrogen-bond acceptors (Lipinski definition) is 5. The van der Waals surface area contributed by atoms with Crippen molar-refractivity contribution in [1.82, 2.24) is 15.5 Å². The third kappa shape index (κ3) is 4.32. The van der Waals surface area contributed by atoms with Crippen LogP contribution in [-0.2, 0) is 11.2 Å². The van der Waals surface area contributed by atoms with Gasteiger partial charge in [0.05, 0.1) is 0 Å². The molecule has 7 heteroatoms. The van der Waals surface area contributed by atoms with Crippen LogP contribution in [0.25, 0.3) is 0 Å². The molecule has 1 saturated heterocycles. The third-order valence-corrected chi connectivity index (χ3v) is 4.20.